The molecule has 4 aromatic rings. The highest BCUT2D eigenvalue weighted by Crippen LogP contribution is 2.41. The lowest BCUT2D eigenvalue weighted by atomic mass is 9.79. The highest BCUT2D eigenvalue weighted by molar-refractivity contribution is 7.02. The SMILES string of the molecule is C[Si](c1ccccc1)(c1ccccc1)C(c1ccccc1)C1CCc2ccccc2C1=O. The van der Waals surface area contributed by atoms with Crippen molar-refractivity contribution in [1.29, 1.82) is 0 Å². The maximum Gasteiger partial charge on any atom is 0.166 e. The Bertz CT molecular complexity index is 1160. The van der Waals surface area contributed by atoms with E-state index in [-0.39, 0.29) is 11.5 Å². The molecular formula is C30H28OSi. The lowest BCUT2D eigenvalue weighted by molar-refractivity contribution is 0.0896. The van der Waals surface area contributed by atoms with Gasteiger partial charge in [-0.25, -0.2) is 0 Å². The monoisotopic (exact) mass is 432 g/mol. The quantitative estimate of drug-likeness (QED) is 0.373. The van der Waals surface area contributed by atoms with Crippen molar-refractivity contribution in [2.45, 2.75) is 24.9 Å². The maximum absolute atomic E-state index is 14.0. The molecule has 0 saturated heterocycles. The second-order valence-electron chi connectivity index (χ2n) is 8.99. The first-order valence-electron chi connectivity index (χ1n) is 11.5. The van der Waals surface area contributed by atoms with Gasteiger partial charge in [0, 0.05) is 11.5 Å². The predicted octanol–water partition coefficient (Wildman–Crippen LogP) is 5.65. The van der Waals surface area contributed by atoms with Gasteiger partial charge in [0.25, 0.3) is 0 Å². The van der Waals surface area contributed by atoms with Crippen molar-refractivity contribution in [2.24, 2.45) is 5.92 Å². The van der Waals surface area contributed by atoms with Gasteiger partial charge in [0.05, 0.1) is 0 Å². The number of aryl methyl sites for hydroxylation is 1. The highest BCUT2D eigenvalue weighted by Gasteiger charge is 2.48. The van der Waals surface area contributed by atoms with Crippen molar-refractivity contribution >= 4 is 24.2 Å². The summed E-state index contributed by atoms with van der Waals surface area (Å²) in [6.45, 7) is 2.46. The van der Waals surface area contributed by atoms with E-state index in [0.717, 1.165) is 18.4 Å². The van der Waals surface area contributed by atoms with Crippen molar-refractivity contribution in [3.63, 3.8) is 0 Å². The standard InChI is InChI=1S/C30H28OSi/c1-32(25-16-7-3-8-17-25,26-18-9-4-10-19-26)30(24-14-5-2-6-15-24)28-22-21-23-13-11-12-20-27(23)29(28)31/h2-20,28,30H,21-22H2,1H3. The minimum Gasteiger partial charge on any atom is -0.294 e. The van der Waals surface area contributed by atoms with Gasteiger partial charge in [-0.15, -0.1) is 0 Å². The van der Waals surface area contributed by atoms with Gasteiger partial charge in [0.2, 0.25) is 0 Å². The first kappa shape index (κ1) is 20.7. The lowest BCUT2D eigenvalue weighted by Crippen LogP contribution is -2.63. The van der Waals surface area contributed by atoms with E-state index in [1.54, 1.807) is 0 Å². The molecule has 5 rings (SSSR count). The van der Waals surface area contributed by atoms with Crippen LogP contribution in [0.15, 0.2) is 115 Å². The van der Waals surface area contributed by atoms with Crippen LogP contribution in [0.1, 0.15) is 33.4 Å². The van der Waals surface area contributed by atoms with Gasteiger partial charge in [-0.05, 0) is 29.5 Å². The average molecular weight is 433 g/mol. The molecule has 0 heterocycles. The second-order valence-corrected chi connectivity index (χ2v) is 13.2. The van der Waals surface area contributed by atoms with Gasteiger partial charge in [0.1, 0.15) is 8.07 Å². The summed E-state index contributed by atoms with van der Waals surface area (Å²) in [7, 11) is -2.34. The molecule has 1 aliphatic rings. The molecule has 0 spiro atoms. The number of hydrogen-bond donors (Lipinski definition) is 0. The highest BCUT2D eigenvalue weighted by atomic mass is 28.3. The number of ketones is 1. The lowest BCUT2D eigenvalue weighted by Gasteiger charge is -2.43. The number of fused-ring (bicyclic) bond motifs is 1. The number of benzene rings is 4. The molecule has 0 aliphatic heterocycles. The minimum absolute atomic E-state index is 0.0237. The number of rotatable bonds is 5. The van der Waals surface area contributed by atoms with Crippen LogP contribution < -0.4 is 10.4 Å². The molecule has 0 saturated carbocycles. The van der Waals surface area contributed by atoms with Crippen LogP contribution in [0, 0.1) is 5.92 Å². The van der Waals surface area contributed by atoms with E-state index < -0.39 is 8.07 Å². The summed E-state index contributed by atoms with van der Waals surface area (Å²) in [5.74, 6) is 0.288. The van der Waals surface area contributed by atoms with E-state index in [1.165, 1.54) is 21.5 Å². The van der Waals surface area contributed by atoms with Crippen LogP contribution in [0.25, 0.3) is 0 Å². The van der Waals surface area contributed by atoms with Gasteiger partial charge in [-0.3, -0.25) is 4.79 Å². The molecule has 158 valence electrons. The Morgan fingerprint density at radius 1 is 0.688 bits per heavy atom. The smallest absolute Gasteiger partial charge is 0.166 e. The van der Waals surface area contributed by atoms with E-state index >= 15 is 0 Å². The summed E-state index contributed by atoms with van der Waals surface area (Å²) in [4.78, 5) is 14.0. The van der Waals surface area contributed by atoms with E-state index in [2.05, 4.69) is 104 Å². The fraction of sp³-hybridized carbons (Fsp3) is 0.167. The molecule has 0 N–H and O–H groups in total. The fourth-order valence-electron chi connectivity index (χ4n) is 5.66. The first-order chi connectivity index (χ1) is 15.7. The van der Waals surface area contributed by atoms with Gasteiger partial charge in [-0.1, -0.05) is 132 Å². The van der Waals surface area contributed by atoms with E-state index in [0.29, 0.717) is 5.78 Å². The molecule has 0 radical (unpaired) electrons. The topological polar surface area (TPSA) is 17.1 Å². The summed E-state index contributed by atoms with van der Waals surface area (Å²) in [5.41, 5.74) is 3.56. The third-order valence-electron chi connectivity index (χ3n) is 7.27. The average Bonchev–Trinajstić information content (AvgIpc) is 2.87. The Kier molecular flexibility index (Phi) is 5.63. The molecule has 1 aliphatic carbocycles. The van der Waals surface area contributed by atoms with Crippen molar-refractivity contribution in [2.75, 3.05) is 0 Å². The largest absolute Gasteiger partial charge is 0.294 e. The van der Waals surface area contributed by atoms with E-state index in [4.69, 9.17) is 0 Å². The molecule has 2 atom stereocenters. The number of carbonyl (C=O) groups excluding carboxylic acids is 1. The summed E-state index contributed by atoms with van der Waals surface area (Å²) in [5, 5.41) is 2.76. The Labute approximate surface area is 191 Å². The number of Topliss-reactive ketones (excluding diaryl/α,β-unsaturated/α-hetero) is 1. The van der Waals surface area contributed by atoms with Crippen LogP contribution in [0.2, 0.25) is 6.55 Å². The van der Waals surface area contributed by atoms with Gasteiger partial charge in [-0.2, -0.15) is 0 Å². The molecule has 2 heteroatoms. The maximum atomic E-state index is 14.0. The van der Waals surface area contributed by atoms with E-state index in [9.17, 15) is 4.79 Å². The summed E-state index contributed by atoms with van der Waals surface area (Å²) in [6.07, 6.45) is 1.86. The molecule has 1 nitrogen and oxygen atoms in total. The normalized spacial score (nSPS) is 16.9. The Morgan fingerprint density at radius 3 is 1.78 bits per heavy atom. The predicted molar refractivity (Wildman–Crippen MR) is 136 cm³/mol. The zero-order valence-electron chi connectivity index (χ0n) is 18.4. The number of carbonyl (C=O) groups is 1. The summed E-state index contributed by atoms with van der Waals surface area (Å²) in [6, 6.07) is 40.8. The molecule has 0 bridgehead atoms. The Balaban J connectivity index is 1.74. The summed E-state index contributed by atoms with van der Waals surface area (Å²) >= 11 is 0. The third-order valence-corrected chi connectivity index (χ3v) is 12.3. The molecule has 0 amide bonds. The van der Waals surface area contributed by atoms with Crippen molar-refractivity contribution in [3.05, 3.63) is 132 Å². The minimum atomic E-state index is -2.34. The van der Waals surface area contributed by atoms with Crippen LogP contribution in [-0.2, 0) is 6.42 Å². The van der Waals surface area contributed by atoms with Crippen LogP contribution in [0.5, 0.6) is 0 Å². The Hall–Kier alpha value is -3.23. The van der Waals surface area contributed by atoms with Gasteiger partial charge in [0.15, 0.2) is 5.78 Å². The molecule has 2 unspecified atom stereocenters. The molecule has 4 aromatic carbocycles. The van der Waals surface area contributed by atoms with Gasteiger partial charge < -0.3 is 0 Å². The van der Waals surface area contributed by atoms with Crippen LogP contribution in [0.4, 0.5) is 0 Å². The fourth-order valence-corrected chi connectivity index (χ4v) is 10.5. The third kappa shape index (κ3) is 3.55. The van der Waals surface area contributed by atoms with Crippen LogP contribution in [0.3, 0.4) is 0 Å². The molecule has 32 heavy (non-hydrogen) atoms. The Morgan fingerprint density at radius 2 is 1.19 bits per heavy atom. The van der Waals surface area contributed by atoms with Crippen LogP contribution >= 0.6 is 0 Å². The molecular weight excluding hydrogens is 404 g/mol. The van der Waals surface area contributed by atoms with Crippen LogP contribution in [-0.4, -0.2) is 13.9 Å². The van der Waals surface area contributed by atoms with Gasteiger partial charge >= 0.3 is 0 Å². The van der Waals surface area contributed by atoms with Crippen molar-refractivity contribution in [3.8, 4) is 0 Å². The molecule has 0 fully saturated rings. The van der Waals surface area contributed by atoms with Crippen molar-refractivity contribution in [1.82, 2.24) is 0 Å². The zero-order chi connectivity index (χ0) is 22.0. The van der Waals surface area contributed by atoms with E-state index in [1.807, 2.05) is 18.2 Å². The number of hydrogen-bond acceptors (Lipinski definition) is 1. The molecule has 0 aromatic heterocycles. The second kappa shape index (κ2) is 8.72. The first-order valence-corrected chi connectivity index (χ1v) is 14.1. The summed E-state index contributed by atoms with van der Waals surface area (Å²) < 4.78 is 0. The van der Waals surface area contributed by atoms with Crippen molar-refractivity contribution < 1.29 is 4.79 Å². The zero-order valence-corrected chi connectivity index (χ0v) is 19.4.